The number of carboxylic acid groups (broad SMARTS) is 1. The first-order valence-corrected chi connectivity index (χ1v) is 9.26. The van der Waals surface area contributed by atoms with Crippen molar-refractivity contribution in [1.82, 2.24) is 0 Å². The van der Waals surface area contributed by atoms with E-state index < -0.39 is 5.97 Å². The van der Waals surface area contributed by atoms with Gasteiger partial charge in [0.25, 0.3) is 0 Å². The van der Waals surface area contributed by atoms with Gasteiger partial charge in [-0.3, -0.25) is 4.79 Å². The molecule has 2 aliphatic rings. The molecule has 3 heteroatoms. The van der Waals surface area contributed by atoms with Gasteiger partial charge in [0, 0.05) is 6.42 Å². The highest BCUT2D eigenvalue weighted by atomic mass is 16.4. The fourth-order valence-electron chi connectivity index (χ4n) is 5.40. The highest BCUT2D eigenvalue weighted by molar-refractivity contribution is 5.66. The van der Waals surface area contributed by atoms with Gasteiger partial charge >= 0.3 is 5.97 Å². The molecular formula is C20H34O3. The van der Waals surface area contributed by atoms with Crippen molar-refractivity contribution in [1.29, 1.82) is 0 Å². The molecule has 3 nitrogen and oxygen atoms in total. The van der Waals surface area contributed by atoms with Gasteiger partial charge in [-0.2, -0.15) is 0 Å². The van der Waals surface area contributed by atoms with Gasteiger partial charge < -0.3 is 10.2 Å². The largest absolute Gasteiger partial charge is 0.481 e. The van der Waals surface area contributed by atoms with E-state index in [0.29, 0.717) is 11.8 Å². The van der Waals surface area contributed by atoms with E-state index in [1.165, 1.54) is 24.8 Å². The van der Waals surface area contributed by atoms with Gasteiger partial charge in [-0.1, -0.05) is 33.8 Å². The first-order valence-electron chi connectivity index (χ1n) is 9.26. The molecule has 23 heavy (non-hydrogen) atoms. The second-order valence-corrected chi connectivity index (χ2v) is 8.62. The molecule has 0 bridgehead atoms. The Balaban J connectivity index is 2.18. The highest BCUT2D eigenvalue weighted by Crippen LogP contribution is 2.61. The maximum atomic E-state index is 10.9. The fourth-order valence-corrected chi connectivity index (χ4v) is 5.40. The third-order valence-corrected chi connectivity index (χ3v) is 7.24. The number of allylic oxidation sites excluding steroid dienone is 1. The Morgan fingerprint density at radius 1 is 1.39 bits per heavy atom. The van der Waals surface area contributed by atoms with Crippen LogP contribution in [0.1, 0.15) is 72.6 Å². The molecule has 2 N–H and O–H groups in total. The summed E-state index contributed by atoms with van der Waals surface area (Å²) in [5, 5.41) is 18.8. The molecule has 0 saturated heterocycles. The number of carbonyl (C=O) groups is 1. The average Bonchev–Trinajstić information content (AvgIpc) is 2.48. The zero-order chi connectivity index (χ0) is 17.3. The van der Waals surface area contributed by atoms with Crippen molar-refractivity contribution < 1.29 is 15.0 Å². The molecule has 0 aromatic carbocycles. The Morgan fingerprint density at radius 2 is 2.09 bits per heavy atom. The minimum Gasteiger partial charge on any atom is -0.481 e. The summed E-state index contributed by atoms with van der Waals surface area (Å²) in [6.07, 6.45) is 9.27. The maximum absolute atomic E-state index is 10.9. The Morgan fingerprint density at radius 3 is 2.70 bits per heavy atom. The third-order valence-electron chi connectivity index (χ3n) is 7.24. The predicted molar refractivity (Wildman–Crippen MR) is 93.2 cm³/mol. The van der Waals surface area contributed by atoms with Crippen LogP contribution in [0.4, 0.5) is 0 Å². The van der Waals surface area contributed by atoms with Crippen LogP contribution in [0.3, 0.4) is 0 Å². The molecule has 132 valence electrons. The van der Waals surface area contributed by atoms with Crippen LogP contribution in [0, 0.1) is 28.6 Å². The van der Waals surface area contributed by atoms with Gasteiger partial charge in [-0.05, 0) is 72.7 Å². The van der Waals surface area contributed by atoms with Crippen molar-refractivity contribution in [3.8, 4) is 0 Å². The molecule has 1 fully saturated rings. The lowest BCUT2D eigenvalue weighted by atomic mass is 9.46. The molecule has 2 aliphatic carbocycles. The third kappa shape index (κ3) is 3.50. The van der Waals surface area contributed by atoms with Crippen molar-refractivity contribution >= 4 is 5.97 Å². The SMILES string of the molecule is C[C@H](CC[C@@]1(C)[C@H](C)CC[C@@]2(C)C(CO)=CCC[C@@H]12)CC(=O)O. The normalized spacial score (nSPS) is 38.6. The number of hydrogen-bond acceptors (Lipinski definition) is 2. The van der Waals surface area contributed by atoms with Gasteiger partial charge in [0.1, 0.15) is 0 Å². The second-order valence-electron chi connectivity index (χ2n) is 8.62. The van der Waals surface area contributed by atoms with E-state index in [9.17, 15) is 9.90 Å². The minimum absolute atomic E-state index is 0.129. The zero-order valence-electron chi connectivity index (χ0n) is 15.3. The Kier molecular flexibility index (Phi) is 5.60. The number of aliphatic carboxylic acids is 1. The van der Waals surface area contributed by atoms with Crippen molar-refractivity contribution in [2.45, 2.75) is 72.6 Å². The minimum atomic E-state index is -0.688. The summed E-state index contributed by atoms with van der Waals surface area (Å²) >= 11 is 0. The van der Waals surface area contributed by atoms with Crippen molar-refractivity contribution in [2.24, 2.45) is 28.6 Å². The van der Waals surface area contributed by atoms with Crippen LogP contribution in [-0.2, 0) is 4.79 Å². The smallest absolute Gasteiger partial charge is 0.303 e. The average molecular weight is 322 g/mol. The first-order chi connectivity index (χ1) is 10.7. The Labute approximate surface area is 141 Å². The summed E-state index contributed by atoms with van der Waals surface area (Å²) in [6, 6.07) is 0. The van der Waals surface area contributed by atoms with Crippen LogP contribution in [-0.4, -0.2) is 22.8 Å². The molecule has 5 atom stereocenters. The van der Waals surface area contributed by atoms with Crippen molar-refractivity contribution in [3.63, 3.8) is 0 Å². The molecule has 0 heterocycles. The van der Waals surface area contributed by atoms with Crippen molar-refractivity contribution in [3.05, 3.63) is 11.6 Å². The molecule has 1 saturated carbocycles. The molecular weight excluding hydrogens is 288 g/mol. The predicted octanol–water partition coefficient (Wildman–Crippen LogP) is 4.65. The van der Waals surface area contributed by atoms with Crippen LogP contribution < -0.4 is 0 Å². The number of hydrogen-bond donors (Lipinski definition) is 2. The molecule has 0 radical (unpaired) electrons. The summed E-state index contributed by atoms with van der Waals surface area (Å²) in [6.45, 7) is 9.40. The van der Waals surface area contributed by atoms with E-state index in [2.05, 4.69) is 33.8 Å². The summed E-state index contributed by atoms with van der Waals surface area (Å²) in [5.41, 5.74) is 1.61. The van der Waals surface area contributed by atoms with Gasteiger partial charge in [-0.25, -0.2) is 0 Å². The van der Waals surface area contributed by atoms with Gasteiger partial charge in [-0.15, -0.1) is 0 Å². The standard InChI is InChI=1S/C20H34O3/c1-14(12-18(22)23)8-10-19(3)15(2)9-11-20(4)16(13-21)6-5-7-17(19)20/h6,14-15,17,21H,5,7-13H2,1-4H3,(H,22,23)/t14-,15-,17+,19+,20+/m1/s1. The summed E-state index contributed by atoms with van der Waals surface area (Å²) < 4.78 is 0. The van der Waals surface area contributed by atoms with E-state index in [0.717, 1.165) is 19.3 Å². The number of rotatable bonds is 6. The first kappa shape index (κ1) is 18.5. The topological polar surface area (TPSA) is 57.5 Å². The van der Waals surface area contributed by atoms with Gasteiger partial charge in [0.05, 0.1) is 6.61 Å². The lowest BCUT2D eigenvalue weighted by Crippen LogP contribution is -2.50. The van der Waals surface area contributed by atoms with Crippen LogP contribution in [0.25, 0.3) is 0 Å². The van der Waals surface area contributed by atoms with Crippen LogP contribution in [0.5, 0.6) is 0 Å². The molecule has 2 rings (SSSR count). The molecule has 0 aliphatic heterocycles. The summed E-state index contributed by atoms with van der Waals surface area (Å²) in [7, 11) is 0. The Bertz CT molecular complexity index is 470. The number of fused-ring (bicyclic) bond motifs is 1. The number of aliphatic hydroxyl groups excluding tert-OH is 1. The van der Waals surface area contributed by atoms with Crippen molar-refractivity contribution in [2.75, 3.05) is 6.61 Å². The van der Waals surface area contributed by atoms with E-state index >= 15 is 0 Å². The lowest BCUT2D eigenvalue weighted by molar-refractivity contribution is -0.138. The fraction of sp³-hybridized carbons (Fsp3) is 0.850. The van der Waals surface area contributed by atoms with Crippen LogP contribution in [0.2, 0.25) is 0 Å². The second kappa shape index (κ2) is 6.96. The maximum Gasteiger partial charge on any atom is 0.303 e. The van der Waals surface area contributed by atoms with Gasteiger partial charge in [0.2, 0.25) is 0 Å². The van der Waals surface area contributed by atoms with E-state index in [1.54, 1.807) is 0 Å². The molecule has 0 unspecified atom stereocenters. The van der Waals surface area contributed by atoms with E-state index in [-0.39, 0.29) is 29.8 Å². The highest BCUT2D eigenvalue weighted by Gasteiger charge is 2.53. The Hall–Kier alpha value is -0.830. The van der Waals surface area contributed by atoms with Gasteiger partial charge in [0.15, 0.2) is 0 Å². The van der Waals surface area contributed by atoms with Crippen LogP contribution >= 0.6 is 0 Å². The molecule has 0 spiro atoms. The molecule has 0 amide bonds. The zero-order valence-corrected chi connectivity index (χ0v) is 15.3. The molecule has 0 aromatic rings. The molecule has 0 aromatic heterocycles. The van der Waals surface area contributed by atoms with E-state index in [4.69, 9.17) is 5.11 Å². The van der Waals surface area contributed by atoms with Crippen LogP contribution in [0.15, 0.2) is 11.6 Å². The monoisotopic (exact) mass is 322 g/mol. The van der Waals surface area contributed by atoms with E-state index in [1.807, 2.05) is 0 Å². The quantitative estimate of drug-likeness (QED) is 0.700. The number of aliphatic hydroxyl groups is 1. The lowest BCUT2D eigenvalue weighted by Gasteiger charge is -2.58. The number of carboxylic acids is 1. The summed E-state index contributed by atoms with van der Waals surface area (Å²) in [5.74, 6) is 0.812. The summed E-state index contributed by atoms with van der Waals surface area (Å²) in [4.78, 5) is 10.9.